The van der Waals surface area contributed by atoms with Crippen molar-refractivity contribution in [1.82, 2.24) is 19.1 Å². The molecule has 0 bridgehead atoms. The minimum Gasteiger partial charge on any atom is -0.309 e. The molecule has 4 heteroatoms. The summed E-state index contributed by atoms with van der Waals surface area (Å²) in [5.74, 6) is 0.703. The van der Waals surface area contributed by atoms with E-state index >= 15 is 0 Å². The molecule has 252 valence electrons. The van der Waals surface area contributed by atoms with Gasteiger partial charge in [0.25, 0.3) is 0 Å². The highest BCUT2D eigenvalue weighted by Gasteiger charge is 2.21. The van der Waals surface area contributed by atoms with Gasteiger partial charge in [0.2, 0.25) is 0 Å². The molecule has 0 N–H and O–H groups in total. The monoisotopic (exact) mass is 688 g/mol. The quantitative estimate of drug-likeness (QED) is 0.180. The number of rotatable bonds is 5. The second kappa shape index (κ2) is 12.1. The Kier molecular flexibility index (Phi) is 6.82. The van der Waals surface area contributed by atoms with E-state index in [4.69, 9.17) is 9.97 Å². The molecule has 0 saturated carbocycles. The van der Waals surface area contributed by atoms with Gasteiger partial charge < -0.3 is 9.13 Å². The van der Waals surface area contributed by atoms with E-state index in [0.717, 1.165) is 61.3 Å². The van der Waals surface area contributed by atoms with Crippen molar-refractivity contribution in [2.45, 2.75) is 0 Å². The van der Waals surface area contributed by atoms with Crippen LogP contribution in [0, 0.1) is 0 Å². The summed E-state index contributed by atoms with van der Waals surface area (Å²) < 4.78 is 4.84. The van der Waals surface area contributed by atoms with Crippen molar-refractivity contribution in [3.05, 3.63) is 194 Å². The molecule has 11 rings (SSSR count). The molecule has 0 radical (unpaired) electrons. The first kappa shape index (κ1) is 30.3. The van der Waals surface area contributed by atoms with Crippen molar-refractivity contribution in [2.24, 2.45) is 0 Å². The number of fused-ring (bicyclic) bond motifs is 7. The Morgan fingerprint density at radius 3 is 1.56 bits per heavy atom. The predicted octanol–water partition coefficient (Wildman–Crippen LogP) is 12.8. The van der Waals surface area contributed by atoms with Crippen LogP contribution in [0.1, 0.15) is 0 Å². The first-order valence-electron chi connectivity index (χ1n) is 18.3. The Morgan fingerprint density at radius 1 is 0.333 bits per heavy atom. The largest absolute Gasteiger partial charge is 0.309 e. The highest BCUT2D eigenvalue weighted by atomic mass is 15.0. The van der Waals surface area contributed by atoms with Crippen molar-refractivity contribution in [1.29, 1.82) is 0 Å². The van der Waals surface area contributed by atoms with Crippen molar-refractivity contribution >= 4 is 54.5 Å². The maximum atomic E-state index is 5.24. The Morgan fingerprint density at radius 2 is 0.870 bits per heavy atom. The Balaban J connectivity index is 1.20. The van der Waals surface area contributed by atoms with Gasteiger partial charge in [-0.1, -0.05) is 133 Å². The average Bonchev–Trinajstić information content (AvgIpc) is 3.75. The topological polar surface area (TPSA) is 35.6 Å². The summed E-state index contributed by atoms with van der Waals surface area (Å²) in [6, 6.07) is 69.1. The third-order valence-electron chi connectivity index (χ3n) is 10.7. The molecule has 0 atom stereocenters. The molecule has 4 nitrogen and oxygen atoms in total. The number of nitrogens with zero attached hydrogens (tertiary/aromatic N) is 4. The van der Waals surface area contributed by atoms with Crippen molar-refractivity contribution in [2.75, 3.05) is 0 Å². The van der Waals surface area contributed by atoms with E-state index in [2.05, 4.69) is 191 Å². The van der Waals surface area contributed by atoms with Gasteiger partial charge in [0.15, 0.2) is 5.82 Å². The first-order chi connectivity index (χ1) is 26.8. The summed E-state index contributed by atoms with van der Waals surface area (Å²) in [7, 11) is 0. The summed E-state index contributed by atoms with van der Waals surface area (Å²) in [6.45, 7) is 0. The fourth-order valence-electron chi connectivity index (χ4n) is 8.29. The van der Waals surface area contributed by atoms with E-state index in [1.165, 1.54) is 32.6 Å². The standard InChI is InChI=1S/C50H32N4/c1-4-16-33(17-5-1)40-30-35(50-51-43-25-13-10-24-39(43)49(52-50)34-18-6-2-7-19-34)28-29-46(40)54-45-27-15-12-23-38(45)42-31-47-41(32-48(42)54)37-22-11-14-26-44(37)53(47)36-20-8-3-9-21-36/h1-32H. The smallest absolute Gasteiger partial charge is 0.160 e. The molecular formula is C50H32N4. The van der Waals surface area contributed by atoms with E-state index in [1.807, 2.05) is 12.1 Å². The van der Waals surface area contributed by atoms with Gasteiger partial charge in [-0.25, -0.2) is 9.97 Å². The zero-order chi connectivity index (χ0) is 35.6. The maximum Gasteiger partial charge on any atom is 0.160 e. The predicted molar refractivity (Wildman–Crippen MR) is 225 cm³/mol. The van der Waals surface area contributed by atoms with Gasteiger partial charge in [-0.2, -0.15) is 0 Å². The van der Waals surface area contributed by atoms with Crippen LogP contribution in [0.2, 0.25) is 0 Å². The second-order valence-corrected chi connectivity index (χ2v) is 13.8. The van der Waals surface area contributed by atoms with Gasteiger partial charge >= 0.3 is 0 Å². The van der Waals surface area contributed by atoms with Crippen LogP contribution in [0.15, 0.2) is 194 Å². The molecule has 8 aromatic carbocycles. The minimum absolute atomic E-state index is 0.703. The normalized spacial score (nSPS) is 11.7. The van der Waals surface area contributed by atoms with E-state index in [0.29, 0.717) is 5.82 Å². The minimum atomic E-state index is 0.703. The number of benzene rings is 8. The molecule has 0 saturated heterocycles. The number of aromatic nitrogens is 4. The van der Waals surface area contributed by atoms with E-state index < -0.39 is 0 Å². The van der Waals surface area contributed by atoms with Crippen LogP contribution in [0.25, 0.3) is 99.7 Å². The fraction of sp³-hybridized carbons (Fsp3) is 0. The molecule has 0 unspecified atom stereocenters. The SMILES string of the molecule is c1ccc(-c2cc(-c3nc(-c4ccccc4)c4ccccc4n3)ccc2-n2c3ccccc3c3cc4c(cc32)c2ccccc2n4-c2ccccc2)cc1. The van der Waals surface area contributed by atoms with Gasteiger partial charge in [-0.3, -0.25) is 0 Å². The molecule has 0 aliphatic heterocycles. The molecule has 0 aliphatic rings. The lowest BCUT2D eigenvalue weighted by Gasteiger charge is -2.16. The van der Waals surface area contributed by atoms with Gasteiger partial charge in [0.05, 0.1) is 39.0 Å². The van der Waals surface area contributed by atoms with Gasteiger partial charge in [-0.15, -0.1) is 0 Å². The molecule has 54 heavy (non-hydrogen) atoms. The fourth-order valence-corrected chi connectivity index (χ4v) is 8.29. The van der Waals surface area contributed by atoms with Crippen LogP contribution in [0.3, 0.4) is 0 Å². The third-order valence-corrected chi connectivity index (χ3v) is 10.7. The van der Waals surface area contributed by atoms with E-state index in [-0.39, 0.29) is 0 Å². The summed E-state index contributed by atoms with van der Waals surface area (Å²) in [5, 5.41) is 5.93. The molecule has 0 amide bonds. The Hall–Kier alpha value is -7.30. The van der Waals surface area contributed by atoms with E-state index in [1.54, 1.807) is 0 Å². The van der Waals surface area contributed by atoms with Crippen LogP contribution in [0.4, 0.5) is 0 Å². The van der Waals surface area contributed by atoms with Gasteiger partial charge in [-0.05, 0) is 66.2 Å². The lowest BCUT2D eigenvalue weighted by atomic mass is 9.99. The first-order valence-corrected chi connectivity index (χ1v) is 18.3. The van der Waals surface area contributed by atoms with Crippen LogP contribution >= 0.6 is 0 Å². The molecule has 3 aromatic heterocycles. The Labute approximate surface area is 311 Å². The van der Waals surface area contributed by atoms with Crippen LogP contribution in [0.5, 0.6) is 0 Å². The van der Waals surface area contributed by atoms with E-state index in [9.17, 15) is 0 Å². The lowest BCUT2D eigenvalue weighted by molar-refractivity contribution is 1.17. The van der Waals surface area contributed by atoms with Crippen LogP contribution in [-0.2, 0) is 0 Å². The Bertz CT molecular complexity index is 3200. The summed E-state index contributed by atoms with van der Waals surface area (Å²) in [4.78, 5) is 10.4. The van der Waals surface area contributed by atoms with Crippen LogP contribution in [-0.4, -0.2) is 19.1 Å². The maximum absolute atomic E-state index is 5.24. The lowest BCUT2D eigenvalue weighted by Crippen LogP contribution is -2.00. The molecule has 0 spiro atoms. The summed E-state index contributed by atoms with van der Waals surface area (Å²) in [6.07, 6.45) is 0. The molecule has 0 fully saturated rings. The number of para-hydroxylation sites is 4. The van der Waals surface area contributed by atoms with Gasteiger partial charge in [0.1, 0.15) is 0 Å². The van der Waals surface area contributed by atoms with Crippen LogP contribution < -0.4 is 0 Å². The molecule has 3 heterocycles. The second-order valence-electron chi connectivity index (χ2n) is 13.8. The summed E-state index contributed by atoms with van der Waals surface area (Å²) >= 11 is 0. The van der Waals surface area contributed by atoms with Gasteiger partial charge in [0, 0.05) is 49.3 Å². The van der Waals surface area contributed by atoms with Crippen molar-refractivity contribution in [3.8, 4) is 45.1 Å². The zero-order valence-electron chi connectivity index (χ0n) is 29.3. The highest BCUT2D eigenvalue weighted by molar-refractivity contribution is 6.19. The number of hydrogen-bond acceptors (Lipinski definition) is 2. The van der Waals surface area contributed by atoms with Crippen molar-refractivity contribution in [3.63, 3.8) is 0 Å². The third kappa shape index (κ3) is 4.70. The highest BCUT2D eigenvalue weighted by Crippen LogP contribution is 2.42. The molecular weight excluding hydrogens is 657 g/mol. The molecule has 0 aliphatic carbocycles. The van der Waals surface area contributed by atoms with Crippen molar-refractivity contribution < 1.29 is 0 Å². The summed E-state index contributed by atoms with van der Waals surface area (Å²) in [5.41, 5.74) is 13.1. The number of hydrogen-bond donors (Lipinski definition) is 0. The molecule has 11 aromatic rings. The zero-order valence-corrected chi connectivity index (χ0v) is 29.3. The average molecular weight is 689 g/mol.